The molecule has 0 atom stereocenters. The first-order valence-corrected chi connectivity index (χ1v) is 7.51. The van der Waals surface area contributed by atoms with E-state index in [1.165, 1.54) is 10.8 Å². The van der Waals surface area contributed by atoms with Gasteiger partial charge in [-0.15, -0.1) is 0 Å². The molecular formula is C19H16N2O3. The van der Waals surface area contributed by atoms with Crippen LogP contribution in [0.2, 0.25) is 0 Å². The molecule has 0 aliphatic rings. The summed E-state index contributed by atoms with van der Waals surface area (Å²) in [5.41, 5.74) is 0.984. The maximum absolute atomic E-state index is 12.7. The van der Waals surface area contributed by atoms with Crippen LogP contribution in [-0.2, 0) is 0 Å². The fourth-order valence-corrected chi connectivity index (χ4v) is 2.45. The van der Waals surface area contributed by atoms with Crippen LogP contribution in [0.25, 0.3) is 5.69 Å². The van der Waals surface area contributed by atoms with Crippen molar-refractivity contribution in [3.8, 4) is 5.69 Å². The Hall–Kier alpha value is -3.21. The topological polar surface area (TPSA) is 61.1 Å². The molecule has 3 aromatic rings. The number of aromatic nitrogens is 2. The molecule has 0 N–H and O–H groups in total. The predicted molar refractivity (Wildman–Crippen MR) is 91.9 cm³/mol. The average molecular weight is 320 g/mol. The lowest BCUT2D eigenvalue weighted by molar-refractivity contribution is 0.0949. The van der Waals surface area contributed by atoms with E-state index in [9.17, 15) is 14.4 Å². The second-order valence-electron chi connectivity index (χ2n) is 5.61. The van der Waals surface area contributed by atoms with E-state index in [-0.39, 0.29) is 5.56 Å². The van der Waals surface area contributed by atoms with Crippen LogP contribution < -0.4 is 11.2 Å². The Morgan fingerprint density at radius 2 is 1.50 bits per heavy atom. The molecule has 0 spiro atoms. The molecule has 3 rings (SSSR count). The Morgan fingerprint density at radius 1 is 0.875 bits per heavy atom. The van der Waals surface area contributed by atoms with E-state index in [4.69, 9.17) is 0 Å². The molecular weight excluding hydrogens is 304 g/mol. The van der Waals surface area contributed by atoms with Gasteiger partial charge in [-0.3, -0.25) is 14.2 Å². The van der Waals surface area contributed by atoms with Gasteiger partial charge in [0.25, 0.3) is 11.5 Å². The summed E-state index contributed by atoms with van der Waals surface area (Å²) in [5, 5.41) is 0. The van der Waals surface area contributed by atoms with Crippen molar-refractivity contribution in [1.82, 2.24) is 9.13 Å². The molecule has 120 valence electrons. The lowest BCUT2D eigenvalue weighted by Crippen LogP contribution is -2.44. The Kier molecular flexibility index (Phi) is 4.00. The van der Waals surface area contributed by atoms with Gasteiger partial charge in [0.2, 0.25) is 0 Å². The van der Waals surface area contributed by atoms with Crippen LogP contribution in [0.3, 0.4) is 0 Å². The Labute approximate surface area is 138 Å². The number of nitrogens with zero attached hydrogens (tertiary/aromatic N) is 2. The van der Waals surface area contributed by atoms with Crippen molar-refractivity contribution in [3.05, 3.63) is 98.3 Å². The minimum absolute atomic E-state index is 0.290. The maximum atomic E-state index is 12.7. The third kappa shape index (κ3) is 2.72. The Balaban J connectivity index is 2.24. The molecule has 1 aromatic heterocycles. The second-order valence-corrected chi connectivity index (χ2v) is 5.61. The SMILES string of the molecule is Cc1ccc(-n2cc(C)c(=O)n(C(=O)c3ccccc3)c2=O)cc1. The normalized spacial score (nSPS) is 10.6. The fourth-order valence-electron chi connectivity index (χ4n) is 2.45. The molecule has 5 nitrogen and oxygen atoms in total. The van der Waals surface area contributed by atoms with Crippen molar-refractivity contribution in [3.63, 3.8) is 0 Å². The van der Waals surface area contributed by atoms with Gasteiger partial charge in [0.1, 0.15) is 0 Å². The van der Waals surface area contributed by atoms with Gasteiger partial charge in [-0.25, -0.2) is 4.79 Å². The van der Waals surface area contributed by atoms with E-state index >= 15 is 0 Å². The van der Waals surface area contributed by atoms with Crippen molar-refractivity contribution >= 4 is 5.91 Å². The van der Waals surface area contributed by atoms with Gasteiger partial charge in [-0.1, -0.05) is 35.9 Å². The summed E-state index contributed by atoms with van der Waals surface area (Å²) in [5.74, 6) is -0.629. The van der Waals surface area contributed by atoms with Gasteiger partial charge in [-0.05, 0) is 38.1 Å². The van der Waals surface area contributed by atoms with E-state index in [1.807, 2.05) is 19.1 Å². The number of carbonyl (C=O) groups is 1. The van der Waals surface area contributed by atoms with E-state index in [1.54, 1.807) is 49.4 Å². The smallest absolute Gasteiger partial charge is 0.269 e. The first kappa shape index (κ1) is 15.7. The molecule has 1 heterocycles. The van der Waals surface area contributed by atoms with Crippen LogP contribution in [0.4, 0.5) is 0 Å². The highest BCUT2D eigenvalue weighted by Gasteiger charge is 2.17. The minimum atomic E-state index is -0.677. The lowest BCUT2D eigenvalue weighted by Gasteiger charge is -2.11. The quantitative estimate of drug-likeness (QED) is 0.728. The number of rotatable bonds is 2. The van der Waals surface area contributed by atoms with Gasteiger partial charge in [0, 0.05) is 17.3 Å². The monoisotopic (exact) mass is 320 g/mol. The molecule has 0 fully saturated rings. The van der Waals surface area contributed by atoms with Crippen molar-refractivity contribution in [2.45, 2.75) is 13.8 Å². The summed E-state index contributed by atoms with van der Waals surface area (Å²) in [6.07, 6.45) is 1.46. The first-order chi connectivity index (χ1) is 11.5. The van der Waals surface area contributed by atoms with E-state index in [0.717, 1.165) is 5.56 Å². The zero-order valence-electron chi connectivity index (χ0n) is 13.4. The molecule has 0 amide bonds. The predicted octanol–water partition coefficient (Wildman–Crippen LogP) is 2.30. The van der Waals surface area contributed by atoms with Crippen LogP contribution in [0, 0.1) is 13.8 Å². The molecule has 0 radical (unpaired) electrons. The molecule has 0 aliphatic heterocycles. The highest BCUT2D eigenvalue weighted by atomic mass is 16.2. The third-order valence-corrected chi connectivity index (χ3v) is 3.80. The zero-order valence-corrected chi connectivity index (χ0v) is 13.4. The molecule has 0 unspecified atom stereocenters. The van der Waals surface area contributed by atoms with Crippen LogP contribution in [0.15, 0.2) is 70.4 Å². The fraction of sp³-hybridized carbons (Fsp3) is 0.105. The number of hydrogen-bond donors (Lipinski definition) is 0. The number of aryl methyl sites for hydroxylation is 2. The minimum Gasteiger partial charge on any atom is -0.269 e. The molecule has 5 heteroatoms. The molecule has 24 heavy (non-hydrogen) atoms. The third-order valence-electron chi connectivity index (χ3n) is 3.80. The zero-order chi connectivity index (χ0) is 17.3. The van der Waals surface area contributed by atoms with Crippen LogP contribution in [0.1, 0.15) is 21.5 Å². The summed E-state index contributed by atoms with van der Waals surface area (Å²) < 4.78 is 2.00. The van der Waals surface area contributed by atoms with Crippen molar-refractivity contribution in [2.75, 3.05) is 0 Å². The van der Waals surface area contributed by atoms with Gasteiger partial charge >= 0.3 is 5.69 Å². The number of hydrogen-bond acceptors (Lipinski definition) is 3. The molecule has 0 bridgehead atoms. The summed E-state index contributed by atoms with van der Waals surface area (Å²) in [6, 6.07) is 15.6. The first-order valence-electron chi connectivity index (χ1n) is 7.51. The van der Waals surface area contributed by atoms with Crippen molar-refractivity contribution < 1.29 is 4.79 Å². The number of benzene rings is 2. The van der Waals surface area contributed by atoms with Crippen molar-refractivity contribution in [1.29, 1.82) is 0 Å². The van der Waals surface area contributed by atoms with Gasteiger partial charge in [0.15, 0.2) is 0 Å². The van der Waals surface area contributed by atoms with Gasteiger partial charge in [-0.2, -0.15) is 4.57 Å². The lowest BCUT2D eigenvalue weighted by atomic mass is 10.2. The van der Waals surface area contributed by atoms with E-state index in [2.05, 4.69) is 0 Å². The van der Waals surface area contributed by atoms with E-state index in [0.29, 0.717) is 15.8 Å². The van der Waals surface area contributed by atoms with Crippen LogP contribution in [0.5, 0.6) is 0 Å². The molecule has 0 saturated heterocycles. The van der Waals surface area contributed by atoms with Gasteiger partial charge < -0.3 is 0 Å². The maximum Gasteiger partial charge on any atom is 0.342 e. The highest BCUT2D eigenvalue weighted by Crippen LogP contribution is 2.07. The average Bonchev–Trinajstić information content (AvgIpc) is 2.60. The summed E-state index contributed by atoms with van der Waals surface area (Å²) in [7, 11) is 0. The standard InChI is InChI=1S/C19H16N2O3/c1-13-8-10-16(11-9-13)20-12-14(2)17(22)21(19(20)24)18(23)15-6-4-3-5-7-15/h3-12H,1-2H3. The van der Waals surface area contributed by atoms with Gasteiger partial charge in [0.05, 0.1) is 5.69 Å². The summed E-state index contributed by atoms with van der Waals surface area (Å²) >= 11 is 0. The Bertz CT molecular complexity index is 1010. The van der Waals surface area contributed by atoms with Crippen LogP contribution >= 0.6 is 0 Å². The second kappa shape index (κ2) is 6.12. The molecule has 0 saturated carbocycles. The largest absolute Gasteiger partial charge is 0.342 e. The molecule has 2 aromatic carbocycles. The number of carbonyl (C=O) groups excluding carboxylic acids is 1. The van der Waals surface area contributed by atoms with E-state index < -0.39 is 17.2 Å². The molecule has 0 aliphatic carbocycles. The summed E-state index contributed by atoms with van der Waals surface area (Å²) in [4.78, 5) is 37.7. The van der Waals surface area contributed by atoms with Crippen LogP contribution in [-0.4, -0.2) is 15.0 Å². The Morgan fingerprint density at radius 3 is 2.12 bits per heavy atom. The highest BCUT2D eigenvalue weighted by molar-refractivity contribution is 5.95. The van der Waals surface area contributed by atoms with Crippen molar-refractivity contribution in [2.24, 2.45) is 0 Å². The summed E-state index contributed by atoms with van der Waals surface area (Å²) in [6.45, 7) is 3.53.